The van der Waals surface area contributed by atoms with Crippen LogP contribution in [0, 0.1) is 0 Å². The zero-order valence-electron chi connectivity index (χ0n) is 12.9. The van der Waals surface area contributed by atoms with E-state index in [0.717, 1.165) is 17.9 Å². The summed E-state index contributed by atoms with van der Waals surface area (Å²) < 4.78 is 1.17. The molecule has 4 nitrogen and oxygen atoms in total. The molecule has 0 radical (unpaired) electrons. The summed E-state index contributed by atoms with van der Waals surface area (Å²) >= 11 is 1.71. The fourth-order valence-corrected chi connectivity index (χ4v) is 4.14. The van der Waals surface area contributed by atoms with E-state index in [1.54, 1.807) is 17.7 Å². The van der Waals surface area contributed by atoms with Crippen LogP contribution in [-0.2, 0) is 0 Å². The van der Waals surface area contributed by atoms with Crippen molar-refractivity contribution in [3.8, 4) is 0 Å². The normalized spacial score (nSPS) is 18.8. The van der Waals surface area contributed by atoms with Crippen LogP contribution in [0.2, 0.25) is 0 Å². The number of fused-ring (bicyclic) bond motifs is 1. The van der Waals surface area contributed by atoms with Crippen LogP contribution in [0.15, 0.2) is 17.8 Å². The van der Waals surface area contributed by atoms with Gasteiger partial charge in [-0.3, -0.25) is 0 Å². The van der Waals surface area contributed by atoms with Gasteiger partial charge in [-0.05, 0) is 38.4 Å². The van der Waals surface area contributed by atoms with Crippen LogP contribution < -0.4 is 5.32 Å². The maximum absolute atomic E-state index is 4.45. The molecule has 1 fully saturated rings. The second-order valence-electron chi connectivity index (χ2n) is 6.24. The zero-order chi connectivity index (χ0) is 14.7. The zero-order valence-corrected chi connectivity index (χ0v) is 13.7. The highest BCUT2D eigenvalue weighted by Crippen LogP contribution is 2.32. The number of nitrogens with one attached hydrogen (secondary N) is 1. The summed E-state index contributed by atoms with van der Waals surface area (Å²) in [6.45, 7) is 0.962. The van der Waals surface area contributed by atoms with Crippen molar-refractivity contribution in [3.05, 3.63) is 17.8 Å². The fourth-order valence-electron chi connectivity index (χ4n) is 3.33. The maximum Gasteiger partial charge on any atom is 0.147 e. The van der Waals surface area contributed by atoms with E-state index in [2.05, 4.69) is 45.7 Å². The van der Waals surface area contributed by atoms with Crippen LogP contribution in [0.4, 0.5) is 5.82 Å². The first-order chi connectivity index (χ1) is 10.2. The average molecular weight is 304 g/mol. The van der Waals surface area contributed by atoms with Gasteiger partial charge in [0, 0.05) is 12.1 Å². The number of aromatic nitrogens is 2. The van der Waals surface area contributed by atoms with Crippen LogP contribution in [0.3, 0.4) is 0 Å². The SMILES string of the molecule is CN(C)C1(CNc2ncnc3ccsc23)CCCCCC1. The van der Waals surface area contributed by atoms with Gasteiger partial charge in [0.25, 0.3) is 0 Å². The van der Waals surface area contributed by atoms with Crippen LogP contribution in [0.5, 0.6) is 0 Å². The first-order valence-electron chi connectivity index (χ1n) is 7.81. The number of anilines is 1. The molecule has 0 atom stereocenters. The highest BCUT2D eigenvalue weighted by atomic mass is 32.1. The number of likely N-dealkylation sites (N-methyl/N-ethyl adjacent to an activating group) is 1. The van der Waals surface area contributed by atoms with Crippen LogP contribution in [0.1, 0.15) is 38.5 Å². The molecule has 0 amide bonds. The third-order valence-electron chi connectivity index (χ3n) is 4.81. The van der Waals surface area contributed by atoms with E-state index in [1.165, 1.54) is 43.2 Å². The van der Waals surface area contributed by atoms with Gasteiger partial charge in [-0.15, -0.1) is 11.3 Å². The molecule has 0 aromatic carbocycles. The van der Waals surface area contributed by atoms with Gasteiger partial charge in [-0.1, -0.05) is 25.7 Å². The molecule has 0 spiro atoms. The van der Waals surface area contributed by atoms with Crippen molar-refractivity contribution in [2.45, 2.75) is 44.1 Å². The summed E-state index contributed by atoms with van der Waals surface area (Å²) in [6, 6.07) is 2.06. The average Bonchev–Trinajstić information content (AvgIpc) is 2.83. The number of thiophene rings is 1. The molecule has 2 aromatic heterocycles. The van der Waals surface area contributed by atoms with Gasteiger partial charge in [0.05, 0.1) is 10.2 Å². The van der Waals surface area contributed by atoms with Gasteiger partial charge >= 0.3 is 0 Å². The van der Waals surface area contributed by atoms with Crippen molar-refractivity contribution in [2.75, 3.05) is 26.0 Å². The minimum Gasteiger partial charge on any atom is -0.367 e. The molecule has 3 rings (SSSR count). The lowest BCUT2D eigenvalue weighted by Crippen LogP contribution is -2.49. The minimum absolute atomic E-state index is 0.255. The molecular weight excluding hydrogens is 280 g/mol. The Hall–Kier alpha value is -1.20. The molecule has 5 heteroatoms. The lowest BCUT2D eigenvalue weighted by Gasteiger charge is -2.40. The molecule has 21 heavy (non-hydrogen) atoms. The Morgan fingerprint density at radius 1 is 1.19 bits per heavy atom. The second kappa shape index (κ2) is 6.28. The number of rotatable bonds is 4. The molecular formula is C16H24N4S. The predicted octanol–water partition coefficient (Wildman–Crippen LogP) is 3.76. The standard InChI is InChI=1S/C16H24N4S/c1-20(2)16(8-5-3-4-6-9-16)11-17-15-14-13(7-10-21-14)18-12-19-15/h7,10,12H,3-6,8-9,11H2,1-2H3,(H,17,18,19). The second-order valence-corrected chi connectivity index (χ2v) is 7.16. The Bertz CT molecular complexity index is 585. The topological polar surface area (TPSA) is 41.0 Å². The van der Waals surface area contributed by atoms with Crippen molar-refractivity contribution in [1.29, 1.82) is 0 Å². The quantitative estimate of drug-likeness (QED) is 0.873. The largest absolute Gasteiger partial charge is 0.367 e. The molecule has 1 aliphatic rings. The molecule has 1 N–H and O–H groups in total. The first kappa shape index (κ1) is 14.7. The van der Waals surface area contributed by atoms with E-state index in [4.69, 9.17) is 0 Å². The lowest BCUT2D eigenvalue weighted by atomic mass is 9.88. The number of hydrogen-bond acceptors (Lipinski definition) is 5. The molecule has 2 heterocycles. The molecule has 1 saturated carbocycles. The molecule has 0 unspecified atom stereocenters. The van der Waals surface area contributed by atoms with Gasteiger partial charge < -0.3 is 10.2 Å². The molecule has 0 saturated heterocycles. The van der Waals surface area contributed by atoms with Crippen molar-refractivity contribution in [1.82, 2.24) is 14.9 Å². The summed E-state index contributed by atoms with van der Waals surface area (Å²) in [4.78, 5) is 11.2. The minimum atomic E-state index is 0.255. The van der Waals surface area contributed by atoms with Crippen LogP contribution >= 0.6 is 11.3 Å². The molecule has 114 valence electrons. The monoisotopic (exact) mass is 304 g/mol. The third kappa shape index (κ3) is 3.04. The Morgan fingerprint density at radius 3 is 2.67 bits per heavy atom. The smallest absolute Gasteiger partial charge is 0.147 e. The van der Waals surface area contributed by atoms with Crippen LogP contribution in [0.25, 0.3) is 10.2 Å². The summed E-state index contributed by atoms with van der Waals surface area (Å²) in [6.07, 6.45) is 9.61. The van der Waals surface area contributed by atoms with E-state index in [9.17, 15) is 0 Å². The van der Waals surface area contributed by atoms with Gasteiger partial charge in [-0.25, -0.2) is 9.97 Å². The van der Waals surface area contributed by atoms with E-state index in [0.29, 0.717) is 0 Å². The molecule has 0 aliphatic heterocycles. The van der Waals surface area contributed by atoms with Gasteiger partial charge in [0.2, 0.25) is 0 Å². The summed E-state index contributed by atoms with van der Waals surface area (Å²) in [5, 5.41) is 5.69. The van der Waals surface area contributed by atoms with E-state index >= 15 is 0 Å². The molecule has 0 bridgehead atoms. The molecule has 2 aromatic rings. The van der Waals surface area contributed by atoms with Crippen molar-refractivity contribution in [2.24, 2.45) is 0 Å². The lowest BCUT2D eigenvalue weighted by molar-refractivity contribution is 0.143. The van der Waals surface area contributed by atoms with Gasteiger partial charge in [0.1, 0.15) is 12.1 Å². The van der Waals surface area contributed by atoms with Crippen molar-refractivity contribution >= 4 is 27.4 Å². The van der Waals surface area contributed by atoms with E-state index in [1.807, 2.05) is 0 Å². The number of nitrogens with zero attached hydrogens (tertiary/aromatic N) is 3. The summed E-state index contributed by atoms with van der Waals surface area (Å²) in [5.74, 6) is 0.987. The van der Waals surface area contributed by atoms with E-state index < -0.39 is 0 Å². The first-order valence-corrected chi connectivity index (χ1v) is 8.69. The Labute approximate surface area is 130 Å². The third-order valence-corrected chi connectivity index (χ3v) is 5.72. The number of hydrogen-bond donors (Lipinski definition) is 1. The summed E-state index contributed by atoms with van der Waals surface area (Å²) in [7, 11) is 4.43. The summed E-state index contributed by atoms with van der Waals surface area (Å²) in [5.41, 5.74) is 1.29. The van der Waals surface area contributed by atoms with E-state index in [-0.39, 0.29) is 5.54 Å². The van der Waals surface area contributed by atoms with Crippen molar-refractivity contribution in [3.63, 3.8) is 0 Å². The Kier molecular flexibility index (Phi) is 4.40. The van der Waals surface area contributed by atoms with Crippen LogP contribution in [-0.4, -0.2) is 41.0 Å². The fraction of sp³-hybridized carbons (Fsp3) is 0.625. The maximum atomic E-state index is 4.45. The highest BCUT2D eigenvalue weighted by molar-refractivity contribution is 7.17. The van der Waals surface area contributed by atoms with Gasteiger partial charge in [-0.2, -0.15) is 0 Å². The Balaban J connectivity index is 1.79. The van der Waals surface area contributed by atoms with Crippen molar-refractivity contribution < 1.29 is 0 Å². The predicted molar refractivity (Wildman–Crippen MR) is 90.0 cm³/mol. The van der Waals surface area contributed by atoms with Gasteiger partial charge in [0.15, 0.2) is 0 Å². The molecule has 1 aliphatic carbocycles. The highest BCUT2D eigenvalue weighted by Gasteiger charge is 2.33. The Morgan fingerprint density at radius 2 is 1.95 bits per heavy atom.